The summed E-state index contributed by atoms with van der Waals surface area (Å²) >= 11 is 0. The molecule has 0 aromatic carbocycles. The Balaban J connectivity index is 2.57. The van der Waals surface area contributed by atoms with Crippen molar-refractivity contribution in [2.45, 2.75) is 26.4 Å². The molecule has 0 saturated carbocycles. The highest BCUT2D eigenvalue weighted by atomic mass is 16.5. The van der Waals surface area contributed by atoms with Crippen LogP contribution in [0.15, 0.2) is 0 Å². The number of carboxylic acids is 1. The third-order valence-corrected chi connectivity index (χ3v) is 2.77. The molecule has 1 aliphatic heterocycles. The maximum absolute atomic E-state index is 10.9. The van der Waals surface area contributed by atoms with E-state index < -0.39 is 5.97 Å². The Hall–Kier alpha value is -0.610. The maximum atomic E-state index is 10.9. The summed E-state index contributed by atoms with van der Waals surface area (Å²) in [5, 5.41) is 8.92. The van der Waals surface area contributed by atoms with Crippen molar-refractivity contribution in [2.24, 2.45) is 11.8 Å². The number of carboxylic acid groups (broad SMARTS) is 1. The minimum atomic E-state index is -0.749. The van der Waals surface area contributed by atoms with E-state index in [1.807, 2.05) is 6.92 Å². The van der Waals surface area contributed by atoms with Crippen molar-refractivity contribution in [3.63, 3.8) is 0 Å². The van der Waals surface area contributed by atoms with E-state index in [1.54, 1.807) is 6.92 Å². The SMILES string of the molecule is CCOC1COCCC1C(C)C(=O)O. The van der Waals surface area contributed by atoms with Gasteiger partial charge in [0.1, 0.15) is 0 Å². The van der Waals surface area contributed by atoms with Crippen LogP contribution in [0.3, 0.4) is 0 Å². The van der Waals surface area contributed by atoms with Crippen LogP contribution in [0.1, 0.15) is 20.3 Å². The monoisotopic (exact) mass is 202 g/mol. The van der Waals surface area contributed by atoms with Crippen molar-refractivity contribution in [2.75, 3.05) is 19.8 Å². The molecule has 0 aromatic rings. The van der Waals surface area contributed by atoms with E-state index in [0.717, 1.165) is 6.42 Å². The summed E-state index contributed by atoms with van der Waals surface area (Å²) in [6.45, 7) is 5.43. The molecule has 4 heteroatoms. The zero-order valence-corrected chi connectivity index (χ0v) is 8.73. The van der Waals surface area contributed by atoms with E-state index in [9.17, 15) is 4.79 Å². The molecule has 1 rings (SSSR count). The highest BCUT2D eigenvalue weighted by Gasteiger charge is 2.34. The lowest BCUT2D eigenvalue weighted by Crippen LogP contribution is -2.40. The largest absolute Gasteiger partial charge is 0.481 e. The fraction of sp³-hybridized carbons (Fsp3) is 0.900. The summed E-state index contributed by atoms with van der Waals surface area (Å²) in [7, 11) is 0. The lowest BCUT2D eigenvalue weighted by atomic mass is 9.85. The van der Waals surface area contributed by atoms with Crippen LogP contribution in [0.25, 0.3) is 0 Å². The Morgan fingerprint density at radius 2 is 2.43 bits per heavy atom. The van der Waals surface area contributed by atoms with E-state index in [1.165, 1.54) is 0 Å². The molecule has 82 valence electrons. The second kappa shape index (κ2) is 5.32. The van der Waals surface area contributed by atoms with Gasteiger partial charge in [0, 0.05) is 19.1 Å². The average molecular weight is 202 g/mol. The van der Waals surface area contributed by atoms with Gasteiger partial charge in [-0.15, -0.1) is 0 Å². The molecule has 3 unspecified atom stereocenters. The fourth-order valence-corrected chi connectivity index (χ4v) is 1.87. The molecule has 4 nitrogen and oxygen atoms in total. The van der Waals surface area contributed by atoms with Gasteiger partial charge in [0.15, 0.2) is 0 Å². The minimum absolute atomic E-state index is 0.0557. The number of carbonyl (C=O) groups is 1. The highest BCUT2D eigenvalue weighted by molar-refractivity contribution is 5.70. The van der Waals surface area contributed by atoms with Crippen LogP contribution in [0.4, 0.5) is 0 Å². The summed E-state index contributed by atoms with van der Waals surface area (Å²) in [5.41, 5.74) is 0. The van der Waals surface area contributed by atoms with Gasteiger partial charge in [0.05, 0.1) is 18.6 Å². The van der Waals surface area contributed by atoms with Crippen LogP contribution >= 0.6 is 0 Å². The Morgan fingerprint density at radius 1 is 1.71 bits per heavy atom. The Labute approximate surface area is 84.2 Å². The molecular formula is C10H18O4. The molecule has 0 amide bonds. The average Bonchev–Trinajstić information content (AvgIpc) is 2.18. The zero-order chi connectivity index (χ0) is 10.6. The minimum Gasteiger partial charge on any atom is -0.481 e. The summed E-state index contributed by atoms with van der Waals surface area (Å²) in [4.78, 5) is 10.9. The summed E-state index contributed by atoms with van der Waals surface area (Å²) in [6, 6.07) is 0. The van der Waals surface area contributed by atoms with Gasteiger partial charge in [0.2, 0.25) is 0 Å². The molecule has 3 atom stereocenters. The van der Waals surface area contributed by atoms with Crippen molar-refractivity contribution >= 4 is 5.97 Å². The predicted molar refractivity (Wildman–Crippen MR) is 51.1 cm³/mol. The van der Waals surface area contributed by atoms with Crippen molar-refractivity contribution in [3.8, 4) is 0 Å². The van der Waals surface area contributed by atoms with Gasteiger partial charge < -0.3 is 14.6 Å². The van der Waals surface area contributed by atoms with E-state index >= 15 is 0 Å². The van der Waals surface area contributed by atoms with Crippen LogP contribution < -0.4 is 0 Å². The van der Waals surface area contributed by atoms with Crippen LogP contribution in [0.2, 0.25) is 0 Å². The summed E-state index contributed by atoms with van der Waals surface area (Å²) < 4.78 is 10.8. The molecule has 1 fully saturated rings. The first-order chi connectivity index (χ1) is 6.66. The van der Waals surface area contributed by atoms with Crippen molar-refractivity contribution < 1.29 is 19.4 Å². The second-order valence-corrected chi connectivity index (χ2v) is 3.65. The molecule has 1 saturated heterocycles. The molecule has 1 aliphatic rings. The van der Waals surface area contributed by atoms with Gasteiger partial charge in [-0.3, -0.25) is 4.79 Å². The van der Waals surface area contributed by atoms with Gasteiger partial charge >= 0.3 is 5.97 Å². The Kier molecular flexibility index (Phi) is 4.35. The molecule has 0 spiro atoms. The molecule has 1 N–H and O–H groups in total. The smallest absolute Gasteiger partial charge is 0.306 e. The number of aliphatic carboxylic acids is 1. The van der Waals surface area contributed by atoms with E-state index in [4.69, 9.17) is 14.6 Å². The highest BCUT2D eigenvalue weighted by Crippen LogP contribution is 2.26. The molecule has 0 radical (unpaired) electrons. The Bertz CT molecular complexity index is 191. The topological polar surface area (TPSA) is 55.8 Å². The first-order valence-corrected chi connectivity index (χ1v) is 5.09. The second-order valence-electron chi connectivity index (χ2n) is 3.65. The summed E-state index contributed by atoms with van der Waals surface area (Å²) in [6.07, 6.45) is 0.720. The first-order valence-electron chi connectivity index (χ1n) is 5.09. The predicted octanol–water partition coefficient (Wildman–Crippen LogP) is 1.15. The first kappa shape index (κ1) is 11.5. The number of hydrogen-bond donors (Lipinski definition) is 1. The lowest BCUT2D eigenvalue weighted by Gasteiger charge is -2.33. The molecule has 1 heterocycles. The van der Waals surface area contributed by atoms with Crippen LogP contribution in [0, 0.1) is 11.8 Å². The zero-order valence-electron chi connectivity index (χ0n) is 8.73. The standard InChI is InChI=1S/C10H18O4/c1-3-14-9-6-13-5-4-8(9)7(2)10(11)12/h7-9H,3-6H2,1-2H3,(H,11,12). The van der Waals surface area contributed by atoms with E-state index in [-0.39, 0.29) is 17.9 Å². The van der Waals surface area contributed by atoms with Crippen molar-refractivity contribution in [1.82, 2.24) is 0 Å². The van der Waals surface area contributed by atoms with Crippen LogP contribution in [0.5, 0.6) is 0 Å². The lowest BCUT2D eigenvalue weighted by molar-refractivity contribution is -0.151. The van der Waals surface area contributed by atoms with Gasteiger partial charge in [-0.25, -0.2) is 0 Å². The molecule has 14 heavy (non-hydrogen) atoms. The van der Waals surface area contributed by atoms with E-state index in [0.29, 0.717) is 19.8 Å². The number of hydrogen-bond acceptors (Lipinski definition) is 3. The van der Waals surface area contributed by atoms with Gasteiger partial charge in [-0.1, -0.05) is 6.92 Å². The third-order valence-electron chi connectivity index (χ3n) is 2.77. The van der Waals surface area contributed by atoms with Gasteiger partial charge in [-0.2, -0.15) is 0 Å². The van der Waals surface area contributed by atoms with Crippen LogP contribution in [-0.4, -0.2) is 37.0 Å². The number of ether oxygens (including phenoxy) is 2. The maximum Gasteiger partial charge on any atom is 0.306 e. The quantitative estimate of drug-likeness (QED) is 0.743. The summed E-state index contributed by atoms with van der Waals surface area (Å²) in [5.74, 6) is -1.02. The fourth-order valence-electron chi connectivity index (χ4n) is 1.87. The van der Waals surface area contributed by atoms with Gasteiger partial charge in [0.25, 0.3) is 0 Å². The van der Waals surface area contributed by atoms with Crippen LogP contribution in [-0.2, 0) is 14.3 Å². The molecule has 0 aliphatic carbocycles. The third kappa shape index (κ3) is 2.69. The Morgan fingerprint density at radius 3 is 3.00 bits per heavy atom. The van der Waals surface area contributed by atoms with E-state index in [2.05, 4.69) is 0 Å². The number of rotatable bonds is 4. The van der Waals surface area contributed by atoms with Gasteiger partial charge in [-0.05, 0) is 13.3 Å². The molecular weight excluding hydrogens is 184 g/mol. The normalized spacial score (nSPS) is 29.9. The molecule has 0 aromatic heterocycles. The van der Waals surface area contributed by atoms with Crippen molar-refractivity contribution in [1.29, 1.82) is 0 Å². The van der Waals surface area contributed by atoms with Crippen molar-refractivity contribution in [3.05, 3.63) is 0 Å². The molecule has 0 bridgehead atoms.